The maximum absolute atomic E-state index is 10.5. The lowest BCUT2D eigenvalue weighted by atomic mass is 9.94. The number of rotatable bonds is 3. The molecule has 1 N–H and O–H groups in total. The molecule has 0 aromatic heterocycles. The lowest BCUT2D eigenvalue weighted by Gasteiger charge is -2.31. The number of fused-ring (bicyclic) bond motifs is 1. The Morgan fingerprint density at radius 2 is 1.85 bits per heavy atom. The normalized spacial score (nSPS) is 17.6. The lowest BCUT2D eigenvalue weighted by molar-refractivity contribution is 0.174. The van der Waals surface area contributed by atoms with E-state index in [-0.39, 0.29) is 0 Å². The summed E-state index contributed by atoms with van der Waals surface area (Å²) in [6.45, 7) is 5.47. The van der Waals surface area contributed by atoms with Crippen molar-refractivity contribution in [2.24, 2.45) is 5.92 Å². The lowest BCUT2D eigenvalue weighted by Crippen LogP contribution is -2.33. The number of aromatic hydroxyl groups is 1. The van der Waals surface area contributed by atoms with Crippen molar-refractivity contribution >= 4 is 10.8 Å². The van der Waals surface area contributed by atoms with Gasteiger partial charge in [0.1, 0.15) is 5.75 Å². The second-order valence-corrected chi connectivity index (χ2v) is 5.92. The van der Waals surface area contributed by atoms with Crippen LogP contribution in [-0.2, 0) is 6.54 Å². The number of likely N-dealkylation sites (tertiary alicyclic amines) is 1. The minimum atomic E-state index is 0.459. The van der Waals surface area contributed by atoms with E-state index in [1.165, 1.54) is 19.3 Å². The third-order valence-corrected chi connectivity index (χ3v) is 4.66. The second kappa shape index (κ2) is 5.84. The van der Waals surface area contributed by atoms with E-state index in [9.17, 15) is 5.11 Å². The summed E-state index contributed by atoms with van der Waals surface area (Å²) in [5, 5.41) is 12.5. The fourth-order valence-corrected chi connectivity index (χ4v) is 3.22. The van der Waals surface area contributed by atoms with E-state index < -0.39 is 0 Å². The van der Waals surface area contributed by atoms with Crippen molar-refractivity contribution in [1.82, 2.24) is 4.90 Å². The molecule has 2 heteroatoms. The predicted octanol–water partition coefficient (Wildman–Crippen LogP) is 4.17. The van der Waals surface area contributed by atoms with E-state index in [4.69, 9.17) is 0 Å². The molecule has 1 fully saturated rings. The fraction of sp³-hybridized carbons (Fsp3) is 0.444. The van der Waals surface area contributed by atoms with Crippen LogP contribution in [0.5, 0.6) is 5.75 Å². The van der Waals surface area contributed by atoms with E-state index in [1.807, 2.05) is 24.3 Å². The fourth-order valence-electron chi connectivity index (χ4n) is 3.22. The van der Waals surface area contributed by atoms with Gasteiger partial charge in [-0.1, -0.05) is 49.7 Å². The zero-order chi connectivity index (χ0) is 13.9. The molecule has 0 aliphatic carbocycles. The molecule has 0 saturated carbocycles. The third-order valence-electron chi connectivity index (χ3n) is 4.66. The summed E-state index contributed by atoms with van der Waals surface area (Å²) in [5.41, 5.74) is 1.05. The molecular formula is C18H23NO. The van der Waals surface area contributed by atoms with Gasteiger partial charge in [-0.2, -0.15) is 0 Å². The average molecular weight is 269 g/mol. The third kappa shape index (κ3) is 2.66. The number of hydrogen-bond acceptors (Lipinski definition) is 2. The molecule has 0 radical (unpaired) electrons. The Bertz CT molecular complexity index is 585. The summed E-state index contributed by atoms with van der Waals surface area (Å²) in [7, 11) is 0. The van der Waals surface area contributed by atoms with Crippen LogP contribution in [0.25, 0.3) is 10.8 Å². The highest BCUT2D eigenvalue weighted by atomic mass is 16.3. The number of benzene rings is 2. The van der Waals surface area contributed by atoms with Gasteiger partial charge in [0, 0.05) is 17.5 Å². The van der Waals surface area contributed by atoms with Gasteiger partial charge in [0.25, 0.3) is 0 Å². The molecule has 0 unspecified atom stereocenters. The number of hydrogen-bond donors (Lipinski definition) is 1. The average Bonchev–Trinajstić information content (AvgIpc) is 2.51. The highest BCUT2D eigenvalue weighted by Crippen LogP contribution is 2.30. The Morgan fingerprint density at radius 3 is 2.60 bits per heavy atom. The predicted molar refractivity (Wildman–Crippen MR) is 83.9 cm³/mol. The maximum atomic E-state index is 10.5. The Balaban J connectivity index is 1.76. The SMILES string of the molecule is CCC1CCN(Cc2ccc3ccccc3c2O)CC1. The molecule has 20 heavy (non-hydrogen) atoms. The quantitative estimate of drug-likeness (QED) is 0.904. The number of phenolic OH excluding ortho intramolecular Hbond substituents is 1. The molecule has 0 atom stereocenters. The first-order valence-corrected chi connectivity index (χ1v) is 7.70. The van der Waals surface area contributed by atoms with Gasteiger partial charge in [-0.25, -0.2) is 0 Å². The number of nitrogens with zero attached hydrogens (tertiary/aromatic N) is 1. The van der Waals surface area contributed by atoms with Crippen LogP contribution in [0.2, 0.25) is 0 Å². The highest BCUT2D eigenvalue weighted by molar-refractivity contribution is 5.89. The highest BCUT2D eigenvalue weighted by Gasteiger charge is 2.19. The molecule has 1 aliphatic rings. The maximum Gasteiger partial charge on any atom is 0.127 e. The molecule has 1 saturated heterocycles. The van der Waals surface area contributed by atoms with E-state index in [0.717, 1.165) is 41.9 Å². The molecule has 3 rings (SSSR count). The second-order valence-electron chi connectivity index (χ2n) is 5.92. The minimum Gasteiger partial charge on any atom is -0.507 e. The minimum absolute atomic E-state index is 0.459. The van der Waals surface area contributed by atoms with Crippen molar-refractivity contribution in [2.75, 3.05) is 13.1 Å². The molecular weight excluding hydrogens is 246 g/mol. The van der Waals surface area contributed by atoms with Crippen LogP contribution in [-0.4, -0.2) is 23.1 Å². The van der Waals surface area contributed by atoms with Crippen molar-refractivity contribution in [1.29, 1.82) is 0 Å². The molecule has 2 aromatic carbocycles. The molecule has 1 aliphatic heterocycles. The largest absolute Gasteiger partial charge is 0.507 e. The molecule has 2 aromatic rings. The summed E-state index contributed by atoms with van der Waals surface area (Å²) in [6.07, 6.45) is 3.89. The summed E-state index contributed by atoms with van der Waals surface area (Å²) in [6, 6.07) is 12.2. The van der Waals surface area contributed by atoms with Crippen LogP contribution in [0.1, 0.15) is 31.7 Å². The van der Waals surface area contributed by atoms with E-state index in [1.54, 1.807) is 0 Å². The van der Waals surface area contributed by atoms with Crippen molar-refractivity contribution in [2.45, 2.75) is 32.7 Å². The van der Waals surface area contributed by atoms with Gasteiger partial charge < -0.3 is 5.11 Å². The molecule has 1 heterocycles. The smallest absolute Gasteiger partial charge is 0.127 e. The van der Waals surface area contributed by atoms with Gasteiger partial charge in [-0.05, 0) is 37.2 Å². The van der Waals surface area contributed by atoms with Gasteiger partial charge in [0.05, 0.1) is 0 Å². The number of piperidine rings is 1. The van der Waals surface area contributed by atoms with E-state index >= 15 is 0 Å². The molecule has 2 nitrogen and oxygen atoms in total. The van der Waals surface area contributed by atoms with Crippen LogP contribution >= 0.6 is 0 Å². The summed E-state index contributed by atoms with van der Waals surface area (Å²) in [4.78, 5) is 2.47. The topological polar surface area (TPSA) is 23.5 Å². The van der Waals surface area contributed by atoms with Gasteiger partial charge in [-0.15, -0.1) is 0 Å². The van der Waals surface area contributed by atoms with Gasteiger partial charge in [-0.3, -0.25) is 4.90 Å². The molecule has 0 amide bonds. The van der Waals surface area contributed by atoms with Crippen molar-refractivity contribution in [3.05, 3.63) is 42.0 Å². The van der Waals surface area contributed by atoms with Gasteiger partial charge in [0.2, 0.25) is 0 Å². The first-order valence-electron chi connectivity index (χ1n) is 7.70. The monoisotopic (exact) mass is 269 g/mol. The van der Waals surface area contributed by atoms with Crippen molar-refractivity contribution < 1.29 is 5.11 Å². The Labute approximate surface area is 121 Å². The first-order chi connectivity index (χ1) is 9.78. The standard InChI is InChI=1S/C18H23NO/c1-2-14-9-11-19(12-10-14)13-16-8-7-15-5-3-4-6-17(15)18(16)20/h3-8,14,20H,2,9-13H2,1H3. The summed E-state index contributed by atoms with van der Waals surface area (Å²) < 4.78 is 0. The van der Waals surface area contributed by atoms with Crippen LogP contribution in [0.15, 0.2) is 36.4 Å². The van der Waals surface area contributed by atoms with Crippen LogP contribution in [0.4, 0.5) is 0 Å². The van der Waals surface area contributed by atoms with Crippen LogP contribution in [0.3, 0.4) is 0 Å². The van der Waals surface area contributed by atoms with E-state index in [2.05, 4.69) is 24.0 Å². The van der Waals surface area contributed by atoms with Crippen LogP contribution in [0, 0.1) is 5.92 Å². The molecule has 106 valence electrons. The molecule has 0 bridgehead atoms. The molecule has 0 spiro atoms. The van der Waals surface area contributed by atoms with Crippen molar-refractivity contribution in [3.63, 3.8) is 0 Å². The summed E-state index contributed by atoms with van der Waals surface area (Å²) in [5.74, 6) is 1.36. The Hall–Kier alpha value is -1.54. The van der Waals surface area contributed by atoms with Crippen molar-refractivity contribution in [3.8, 4) is 5.75 Å². The van der Waals surface area contributed by atoms with Gasteiger partial charge in [0.15, 0.2) is 0 Å². The number of phenols is 1. The Kier molecular flexibility index (Phi) is 3.93. The van der Waals surface area contributed by atoms with E-state index in [0.29, 0.717) is 5.75 Å². The first kappa shape index (κ1) is 13.4. The zero-order valence-electron chi connectivity index (χ0n) is 12.2. The zero-order valence-corrected chi connectivity index (χ0v) is 12.2. The van der Waals surface area contributed by atoms with Crippen LogP contribution < -0.4 is 0 Å². The summed E-state index contributed by atoms with van der Waals surface area (Å²) >= 11 is 0. The Morgan fingerprint density at radius 1 is 1.10 bits per heavy atom. The van der Waals surface area contributed by atoms with Gasteiger partial charge >= 0.3 is 0 Å².